The minimum Gasteiger partial charge on any atom is -0.159 e. The monoisotopic (exact) mass is 200 g/mol. The van der Waals surface area contributed by atoms with Crippen molar-refractivity contribution < 1.29 is 0 Å². The zero-order chi connectivity index (χ0) is 7.56. The van der Waals surface area contributed by atoms with Gasteiger partial charge in [0.1, 0.15) is 0 Å². The van der Waals surface area contributed by atoms with Crippen LogP contribution in [0.1, 0.15) is 18.2 Å². The Hall–Kier alpha value is -0.440. The normalized spacial score (nSPS) is 9.90. The third-order valence-electron chi connectivity index (χ3n) is 1.40. The van der Waals surface area contributed by atoms with E-state index in [2.05, 4.69) is 33.1 Å². The van der Waals surface area contributed by atoms with Gasteiger partial charge in [0.15, 0.2) is 0 Å². The summed E-state index contributed by atoms with van der Waals surface area (Å²) in [7, 11) is 0. The van der Waals surface area contributed by atoms with Gasteiger partial charge in [0.05, 0.1) is 11.9 Å². The van der Waals surface area contributed by atoms with E-state index >= 15 is 0 Å². The van der Waals surface area contributed by atoms with Crippen molar-refractivity contribution in [1.82, 2.24) is 10.2 Å². The molecule has 1 aromatic heterocycles. The maximum Gasteiger partial charge on any atom is 0.0744 e. The lowest BCUT2D eigenvalue weighted by atomic mass is 10.2. The summed E-state index contributed by atoms with van der Waals surface area (Å²) in [6.07, 6.45) is 2.79. The maximum absolute atomic E-state index is 3.89. The van der Waals surface area contributed by atoms with Crippen LogP contribution in [0.4, 0.5) is 0 Å². The largest absolute Gasteiger partial charge is 0.159 e. The van der Waals surface area contributed by atoms with Gasteiger partial charge in [-0.2, -0.15) is 10.2 Å². The van der Waals surface area contributed by atoms with Gasteiger partial charge in [-0.1, -0.05) is 6.92 Å². The lowest BCUT2D eigenvalue weighted by molar-refractivity contribution is 0.930. The van der Waals surface area contributed by atoms with E-state index in [1.807, 2.05) is 6.92 Å². The Balaban J connectivity index is 3.14. The zero-order valence-electron chi connectivity index (χ0n) is 6.06. The summed E-state index contributed by atoms with van der Waals surface area (Å²) in [5, 5.41) is 7.73. The molecule has 3 heteroatoms. The number of aromatic nitrogens is 2. The smallest absolute Gasteiger partial charge is 0.0744 e. The Morgan fingerprint density at radius 2 is 2.30 bits per heavy atom. The Morgan fingerprint density at radius 3 is 2.80 bits per heavy atom. The van der Waals surface area contributed by atoms with Crippen LogP contribution in [0.3, 0.4) is 0 Å². The van der Waals surface area contributed by atoms with Gasteiger partial charge < -0.3 is 0 Å². The SMILES string of the molecule is CCc1cnnc(C)c1Br. The summed E-state index contributed by atoms with van der Waals surface area (Å²) in [6.45, 7) is 4.04. The van der Waals surface area contributed by atoms with Crippen molar-refractivity contribution in [2.24, 2.45) is 0 Å². The van der Waals surface area contributed by atoms with Crippen LogP contribution < -0.4 is 0 Å². The van der Waals surface area contributed by atoms with Gasteiger partial charge >= 0.3 is 0 Å². The highest BCUT2D eigenvalue weighted by Crippen LogP contribution is 2.17. The molecule has 0 saturated heterocycles. The first-order valence-electron chi connectivity index (χ1n) is 3.22. The zero-order valence-corrected chi connectivity index (χ0v) is 7.64. The standard InChI is InChI=1S/C7H9BrN2/c1-3-6-4-9-10-5(2)7(6)8/h4H,3H2,1-2H3. The molecule has 1 rings (SSSR count). The molecule has 0 aromatic carbocycles. The van der Waals surface area contributed by atoms with Crippen molar-refractivity contribution in [3.05, 3.63) is 21.9 Å². The third kappa shape index (κ3) is 1.34. The second kappa shape index (κ2) is 3.10. The van der Waals surface area contributed by atoms with Gasteiger partial charge in [0.25, 0.3) is 0 Å². The molecule has 54 valence electrons. The summed E-state index contributed by atoms with van der Waals surface area (Å²) in [5.41, 5.74) is 2.17. The van der Waals surface area contributed by atoms with Crippen LogP contribution in [-0.2, 0) is 6.42 Å². The van der Waals surface area contributed by atoms with E-state index in [1.165, 1.54) is 5.56 Å². The highest BCUT2D eigenvalue weighted by atomic mass is 79.9. The van der Waals surface area contributed by atoms with Gasteiger partial charge in [-0.15, -0.1) is 0 Å². The average Bonchev–Trinajstić information content (AvgIpc) is 1.95. The molecule has 0 aliphatic rings. The third-order valence-corrected chi connectivity index (χ3v) is 2.48. The average molecular weight is 201 g/mol. The van der Waals surface area contributed by atoms with E-state index < -0.39 is 0 Å². The quantitative estimate of drug-likeness (QED) is 0.695. The van der Waals surface area contributed by atoms with Crippen LogP contribution in [-0.4, -0.2) is 10.2 Å². The Bertz CT molecular complexity index is 235. The van der Waals surface area contributed by atoms with Gasteiger partial charge in [-0.25, -0.2) is 0 Å². The van der Waals surface area contributed by atoms with Crippen LogP contribution in [0, 0.1) is 6.92 Å². The predicted molar refractivity (Wildman–Crippen MR) is 43.8 cm³/mol. The van der Waals surface area contributed by atoms with E-state index in [0.717, 1.165) is 16.6 Å². The predicted octanol–water partition coefficient (Wildman–Crippen LogP) is 2.11. The molecule has 2 nitrogen and oxygen atoms in total. The second-order valence-corrected chi connectivity index (χ2v) is 2.92. The lowest BCUT2D eigenvalue weighted by Crippen LogP contribution is -1.92. The first-order chi connectivity index (χ1) is 4.75. The molecule has 0 N–H and O–H groups in total. The molecule has 0 aliphatic heterocycles. The van der Waals surface area contributed by atoms with Gasteiger partial charge in [-0.05, 0) is 34.8 Å². The molecule has 0 spiro atoms. The molecule has 0 bridgehead atoms. The first kappa shape index (κ1) is 7.66. The van der Waals surface area contributed by atoms with Crippen molar-refractivity contribution in [3.63, 3.8) is 0 Å². The maximum atomic E-state index is 3.89. The van der Waals surface area contributed by atoms with Gasteiger partial charge in [0, 0.05) is 4.47 Å². The number of hydrogen-bond donors (Lipinski definition) is 0. The fraction of sp³-hybridized carbons (Fsp3) is 0.429. The molecule has 0 aliphatic carbocycles. The van der Waals surface area contributed by atoms with Crippen LogP contribution >= 0.6 is 15.9 Å². The molecular weight excluding hydrogens is 192 g/mol. The molecule has 0 unspecified atom stereocenters. The van der Waals surface area contributed by atoms with Gasteiger partial charge in [-0.3, -0.25) is 0 Å². The van der Waals surface area contributed by atoms with Crippen molar-refractivity contribution in [3.8, 4) is 0 Å². The van der Waals surface area contributed by atoms with Crippen LogP contribution in [0.25, 0.3) is 0 Å². The van der Waals surface area contributed by atoms with E-state index in [9.17, 15) is 0 Å². The summed E-state index contributed by atoms with van der Waals surface area (Å²) in [5.74, 6) is 0. The van der Waals surface area contributed by atoms with Crippen LogP contribution in [0.2, 0.25) is 0 Å². The fourth-order valence-electron chi connectivity index (χ4n) is 0.765. The lowest BCUT2D eigenvalue weighted by Gasteiger charge is -2.00. The minimum atomic E-state index is 0.958. The molecule has 0 atom stereocenters. The molecule has 0 saturated carbocycles. The fourth-order valence-corrected chi connectivity index (χ4v) is 1.23. The number of halogens is 1. The molecule has 10 heavy (non-hydrogen) atoms. The topological polar surface area (TPSA) is 25.8 Å². The van der Waals surface area contributed by atoms with Crippen molar-refractivity contribution >= 4 is 15.9 Å². The Kier molecular flexibility index (Phi) is 2.38. The molecule has 0 amide bonds. The van der Waals surface area contributed by atoms with Crippen molar-refractivity contribution in [2.75, 3.05) is 0 Å². The van der Waals surface area contributed by atoms with Crippen molar-refractivity contribution in [2.45, 2.75) is 20.3 Å². The molecule has 1 aromatic rings. The molecule has 1 heterocycles. The van der Waals surface area contributed by atoms with Crippen molar-refractivity contribution in [1.29, 1.82) is 0 Å². The summed E-state index contributed by atoms with van der Waals surface area (Å²) < 4.78 is 1.09. The second-order valence-electron chi connectivity index (χ2n) is 2.12. The van der Waals surface area contributed by atoms with E-state index in [1.54, 1.807) is 6.20 Å². The first-order valence-corrected chi connectivity index (χ1v) is 4.01. The number of rotatable bonds is 1. The number of hydrogen-bond acceptors (Lipinski definition) is 2. The Morgan fingerprint density at radius 1 is 1.60 bits per heavy atom. The highest BCUT2D eigenvalue weighted by Gasteiger charge is 2.00. The summed E-state index contributed by atoms with van der Waals surface area (Å²) in [4.78, 5) is 0. The van der Waals surface area contributed by atoms with Crippen LogP contribution in [0.15, 0.2) is 10.7 Å². The minimum absolute atomic E-state index is 0.958. The molecular formula is C7H9BrN2. The molecule has 0 radical (unpaired) electrons. The van der Waals surface area contributed by atoms with E-state index in [0.29, 0.717) is 0 Å². The van der Waals surface area contributed by atoms with Gasteiger partial charge in [0.2, 0.25) is 0 Å². The number of nitrogens with zero attached hydrogens (tertiary/aromatic N) is 2. The van der Waals surface area contributed by atoms with E-state index in [-0.39, 0.29) is 0 Å². The summed E-state index contributed by atoms with van der Waals surface area (Å²) >= 11 is 3.44. The van der Waals surface area contributed by atoms with E-state index in [4.69, 9.17) is 0 Å². The highest BCUT2D eigenvalue weighted by molar-refractivity contribution is 9.10. The summed E-state index contributed by atoms with van der Waals surface area (Å²) in [6, 6.07) is 0. The van der Waals surface area contributed by atoms with Crippen LogP contribution in [0.5, 0.6) is 0 Å². The number of aryl methyl sites for hydroxylation is 2. The molecule has 0 fully saturated rings. The Labute approximate surface area is 68.8 Å².